The number of hydrogen-bond acceptors (Lipinski definition) is 3. The number of benzene rings is 3. The summed E-state index contributed by atoms with van der Waals surface area (Å²) < 4.78 is 5.41. The van der Waals surface area contributed by atoms with Crippen molar-refractivity contribution in [1.29, 1.82) is 0 Å². The van der Waals surface area contributed by atoms with E-state index in [-0.39, 0.29) is 12.5 Å². The lowest BCUT2D eigenvalue weighted by atomic mass is 10.1. The normalized spacial score (nSPS) is 10.4. The largest absolute Gasteiger partial charge is 0.482 e. The van der Waals surface area contributed by atoms with Crippen molar-refractivity contribution in [2.24, 2.45) is 0 Å². The van der Waals surface area contributed by atoms with Gasteiger partial charge in [0.25, 0.3) is 5.91 Å². The Morgan fingerprint density at radius 3 is 2.56 bits per heavy atom. The molecule has 0 aliphatic rings. The molecular weight excluding hydrogens is 336 g/mol. The first-order valence-corrected chi connectivity index (χ1v) is 8.47. The quantitative estimate of drug-likeness (QED) is 0.628. The summed E-state index contributed by atoms with van der Waals surface area (Å²) in [7, 11) is 0. The average molecular weight is 355 g/mol. The zero-order valence-electron chi connectivity index (χ0n) is 13.7. The number of amides is 1. The van der Waals surface area contributed by atoms with E-state index in [9.17, 15) is 4.79 Å². The third kappa shape index (κ3) is 4.64. The molecule has 5 heteroatoms. The van der Waals surface area contributed by atoms with Crippen molar-refractivity contribution >= 4 is 34.0 Å². The van der Waals surface area contributed by atoms with E-state index in [0.29, 0.717) is 23.9 Å². The van der Waals surface area contributed by atoms with E-state index >= 15 is 0 Å². The number of carbonyl (C=O) groups excluding carboxylic acids is 1. The minimum absolute atomic E-state index is 0.0575. The summed E-state index contributed by atoms with van der Waals surface area (Å²) in [6.07, 6.45) is 0. The Morgan fingerprint density at radius 2 is 1.68 bits per heavy atom. The lowest BCUT2D eigenvalue weighted by Gasteiger charge is -2.11. The van der Waals surface area contributed by atoms with E-state index in [2.05, 4.69) is 28.8 Å². The summed E-state index contributed by atoms with van der Waals surface area (Å²) >= 11 is 5.98. The van der Waals surface area contributed by atoms with Crippen LogP contribution in [0.4, 0.5) is 5.69 Å². The second kappa shape index (κ2) is 8.40. The van der Waals surface area contributed by atoms with Gasteiger partial charge in [-0.2, -0.15) is 0 Å². The van der Waals surface area contributed by atoms with Gasteiger partial charge in [-0.3, -0.25) is 4.79 Å². The molecule has 0 unspecified atom stereocenters. The molecule has 128 valence electrons. The first-order valence-electron chi connectivity index (χ1n) is 8.10. The van der Waals surface area contributed by atoms with Crippen LogP contribution >= 0.6 is 11.6 Å². The molecule has 0 fully saturated rings. The van der Waals surface area contributed by atoms with Gasteiger partial charge in [0.2, 0.25) is 0 Å². The summed E-state index contributed by atoms with van der Waals surface area (Å²) in [6.45, 7) is 1.08. The Labute approximate surface area is 151 Å². The molecule has 0 aromatic heterocycles. The molecule has 0 atom stereocenters. The zero-order chi connectivity index (χ0) is 17.5. The highest BCUT2D eigenvalue weighted by Crippen LogP contribution is 2.23. The summed E-state index contributed by atoms with van der Waals surface area (Å²) in [6, 6.07) is 21.4. The highest BCUT2D eigenvalue weighted by Gasteiger charge is 2.05. The van der Waals surface area contributed by atoms with Crippen molar-refractivity contribution in [3.8, 4) is 5.75 Å². The maximum absolute atomic E-state index is 11.8. The van der Waals surface area contributed by atoms with Crippen molar-refractivity contribution in [3.63, 3.8) is 0 Å². The van der Waals surface area contributed by atoms with Crippen LogP contribution < -0.4 is 15.4 Å². The molecule has 0 saturated carbocycles. The fraction of sp³-hybridized carbons (Fsp3) is 0.150. The van der Waals surface area contributed by atoms with Gasteiger partial charge in [-0.15, -0.1) is 0 Å². The lowest BCUT2D eigenvalue weighted by Crippen LogP contribution is -2.32. The van der Waals surface area contributed by atoms with Crippen LogP contribution in [0.3, 0.4) is 0 Å². The third-order valence-corrected chi connectivity index (χ3v) is 4.06. The van der Waals surface area contributed by atoms with Gasteiger partial charge >= 0.3 is 0 Å². The first kappa shape index (κ1) is 17.1. The fourth-order valence-electron chi connectivity index (χ4n) is 2.53. The number of halogens is 1. The number of ether oxygens (including phenoxy) is 1. The maximum Gasteiger partial charge on any atom is 0.258 e. The number of anilines is 1. The number of carbonyl (C=O) groups is 1. The van der Waals surface area contributed by atoms with Crippen LogP contribution in [0.2, 0.25) is 5.02 Å². The summed E-state index contributed by atoms with van der Waals surface area (Å²) in [5.41, 5.74) is 1.06. The Balaban J connectivity index is 1.43. The van der Waals surface area contributed by atoms with Crippen molar-refractivity contribution in [2.75, 3.05) is 25.0 Å². The van der Waals surface area contributed by atoms with Gasteiger partial charge < -0.3 is 15.4 Å². The van der Waals surface area contributed by atoms with E-state index < -0.39 is 0 Å². The van der Waals surface area contributed by atoms with E-state index in [1.54, 1.807) is 12.1 Å². The van der Waals surface area contributed by atoms with E-state index in [1.807, 2.05) is 36.4 Å². The van der Waals surface area contributed by atoms with Crippen LogP contribution in [0.15, 0.2) is 66.7 Å². The maximum atomic E-state index is 11.8. The second-order valence-corrected chi connectivity index (χ2v) is 5.93. The highest BCUT2D eigenvalue weighted by molar-refractivity contribution is 6.32. The topological polar surface area (TPSA) is 50.4 Å². The SMILES string of the molecule is O=C(COc1ccccc1Cl)NCCNc1cccc2ccccc12. The van der Waals surface area contributed by atoms with Gasteiger partial charge in [0, 0.05) is 24.2 Å². The molecule has 0 spiro atoms. The predicted octanol–water partition coefficient (Wildman–Crippen LogP) is 4.10. The van der Waals surface area contributed by atoms with Crippen LogP contribution in [0.5, 0.6) is 5.75 Å². The van der Waals surface area contributed by atoms with Crippen LogP contribution in [0.1, 0.15) is 0 Å². The molecular formula is C20H19ClN2O2. The lowest BCUT2D eigenvalue weighted by molar-refractivity contribution is -0.123. The van der Waals surface area contributed by atoms with Gasteiger partial charge in [-0.25, -0.2) is 0 Å². The number of nitrogens with one attached hydrogen (secondary N) is 2. The minimum atomic E-state index is -0.181. The molecule has 0 saturated heterocycles. The Hall–Kier alpha value is -2.72. The Morgan fingerprint density at radius 1 is 0.920 bits per heavy atom. The third-order valence-electron chi connectivity index (χ3n) is 3.75. The summed E-state index contributed by atoms with van der Waals surface area (Å²) in [5, 5.41) is 9.01. The molecule has 0 aliphatic carbocycles. The number of para-hydroxylation sites is 1. The van der Waals surface area contributed by atoms with Crippen molar-refractivity contribution in [2.45, 2.75) is 0 Å². The molecule has 25 heavy (non-hydrogen) atoms. The number of rotatable bonds is 7. The van der Waals surface area contributed by atoms with Gasteiger partial charge in [0.1, 0.15) is 5.75 Å². The molecule has 0 radical (unpaired) electrons. The average Bonchev–Trinajstić information content (AvgIpc) is 2.64. The number of fused-ring (bicyclic) bond motifs is 1. The molecule has 0 heterocycles. The number of hydrogen-bond donors (Lipinski definition) is 2. The van der Waals surface area contributed by atoms with Crippen LogP contribution in [0.25, 0.3) is 10.8 Å². The van der Waals surface area contributed by atoms with E-state index in [1.165, 1.54) is 10.8 Å². The first-order chi connectivity index (χ1) is 12.2. The van der Waals surface area contributed by atoms with Crippen molar-refractivity contribution < 1.29 is 9.53 Å². The molecule has 2 N–H and O–H groups in total. The van der Waals surface area contributed by atoms with Gasteiger partial charge in [-0.1, -0.05) is 60.1 Å². The molecule has 0 bridgehead atoms. The van der Waals surface area contributed by atoms with Gasteiger partial charge in [0.15, 0.2) is 6.61 Å². The molecule has 1 amide bonds. The summed E-state index contributed by atoms with van der Waals surface area (Å²) in [5.74, 6) is 0.327. The monoisotopic (exact) mass is 354 g/mol. The van der Waals surface area contributed by atoms with Gasteiger partial charge in [0.05, 0.1) is 5.02 Å². The van der Waals surface area contributed by atoms with Crippen LogP contribution in [-0.4, -0.2) is 25.6 Å². The fourth-order valence-corrected chi connectivity index (χ4v) is 2.73. The standard InChI is InChI=1S/C20H19ClN2O2/c21-17-9-3-4-11-19(17)25-14-20(24)23-13-12-22-18-10-5-7-15-6-1-2-8-16(15)18/h1-11,22H,12-14H2,(H,23,24). The van der Waals surface area contributed by atoms with E-state index in [4.69, 9.17) is 16.3 Å². The molecule has 0 aliphatic heterocycles. The Bertz CT molecular complexity index is 862. The molecule has 3 aromatic carbocycles. The Kier molecular flexibility index (Phi) is 5.75. The smallest absolute Gasteiger partial charge is 0.258 e. The summed E-state index contributed by atoms with van der Waals surface area (Å²) in [4.78, 5) is 11.8. The zero-order valence-corrected chi connectivity index (χ0v) is 14.4. The molecule has 4 nitrogen and oxygen atoms in total. The minimum Gasteiger partial charge on any atom is -0.482 e. The predicted molar refractivity (Wildman–Crippen MR) is 102 cm³/mol. The van der Waals surface area contributed by atoms with Crippen molar-refractivity contribution in [1.82, 2.24) is 5.32 Å². The second-order valence-electron chi connectivity index (χ2n) is 5.52. The molecule has 3 aromatic rings. The van der Waals surface area contributed by atoms with E-state index in [0.717, 1.165) is 5.69 Å². The van der Waals surface area contributed by atoms with Gasteiger partial charge in [-0.05, 0) is 23.6 Å². The van der Waals surface area contributed by atoms with Crippen LogP contribution in [0, 0.1) is 0 Å². The van der Waals surface area contributed by atoms with Crippen LogP contribution in [-0.2, 0) is 4.79 Å². The van der Waals surface area contributed by atoms with Crippen molar-refractivity contribution in [3.05, 3.63) is 71.8 Å². The highest BCUT2D eigenvalue weighted by atomic mass is 35.5. The molecule has 3 rings (SSSR count).